The van der Waals surface area contributed by atoms with Gasteiger partial charge in [-0.2, -0.15) is 0 Å². The third kappa shape index (κ3) is 10.1. The zero-order chi connectivity index (χ0) is 45.0. The van der Waals surface area contributed by atoms with Crippen LogP contribution in [0.25, 0.3) is 11.1 Å². The Labute approximate surface area is 361 Å². The van der Waals surface area contributed by atoms with Gasteiger partial charge < -0.3 is 38.6 Å². The van der Waals surface area contributed by atoms with E-state index in [0.717, 1.165) is 16.7 Å². The number of carbonyl (C=O) groups excluding carboxylic acids is 4. The highest BCUT2D eigenvalue weighted by Gasteiger charge is 2.61. The Morgan fingerprint density at radius 3 is 2.34 bits per heavy atom. The van der Waals surface area contributed by atoms with Crippen molar-refractivity contribution in [1.29, 1.82) is 0 Å². The number of hydrogen-bond donors (Lipinski definition) is 1. The molecule has 336 valence electrons. The molecule has 2 aromatic rings. The van der Waals surface area contributed by atoms with E-state index in [1.54, 1.807) is 64.3 Å². The number of aromatic nitrogens is 2. The minimum absolute atomic E-state index is 0.0952. The Hall–Kier alpha value is -4.12. The number of ether oxygens (including phenoxy) is 5. The normalized spacial score (nSPS) is 35.4. The van der Waals surface area contributed by atoms with Gasteiger partial charge in [-0.15, -0.1) is 0 Å². The highest BCUT2D eigenvalue weighted by atomic mass is 16.7. The summed E-state index contributed by atoms with van der Waals surface area (Å²) in [6, 6.07) is 4.67. The van der Waals surface area contributed by atoms with Gasteiger partial charge in [-0.1, -0.05) is 40.3 Å². The summed E-state index contributed by atoms with van der Waals surface area (Å²) in [5.74, 6) is -5.29. The first-order valence-corrected chi connectivity index (χ1v) is 21.5. The molecule has 15 heteroatoms. The number of aliphatic hydroxyl groups is 1. The van der Waals surface area contributed by atoms with E-state index >= 15 is 0 Å². The fraction of sp³-hybridized carbons (Fsp3) is 0.652. The van der Waals surface area contributed by atoms with Crippen LogP contribution in [0.1, 0.15) is 73.3 Å². The molecule has 3 aliphatic heterocycles. The van der Waals surface area contributed by atoms with Crippen LogP contribution in [0.4, 0.5) is 4.79 Å². The Morgan fingerprint density at radius 2 is 1.72 bits per heavy atom. The molecule has 0 aromatic carbocycles. The van der Waals surface area contributed by atoms with Gasteiger partial charge >= 0.3 is 12.1 Å². The van der Waals surface area contributed by atoms with Crippen molar-refractivity contribution in [3.05, 3.63) is 61.2 Å². The Kier molecular flexibility index (Phi) is 15.7. The van der Waals surface area contributed by atoms with E-state index in [0.29, 0.717) is 19.5 Å². The number of pyridine rings is 2. The van der Waals surface area contributed by atoms with E-state index in [4.69, 9.17) is 23.7 Å². The van der Waals surface area contributed by atoms with Crippen molar-refractivity contribution >= 4 is 23.6 Å². The van der Waals surface area contributed by atoms with Crippen LogP contribution in [-0.4, -0.2) is 149 Å². The molecule has 1 N–H and O–H groups in total. The number of amides is 1. The number of aliphatic hydroxyl groups excluding tert-OH is 1. The number of fused-ring (bicyclic) bond motifs is 1. The zero-order valence-electron chi connectivity index (χ0n) is 37.8. The number of nitrogens with zero attached hydrogens (tertiary/aromatic N) is 5. The molecule has 5 heterocycles. The lowest BCUT2D eigenvalue weighted by atomic mass is 9.72. The van der Waals surface area contributed by atoms with E-state index in [1.165, 1.54) is 20.1 Å². The van der Waals surface area contributed by atoms with Crippen molar-refractivity contribution in [3.8, 4) is 11.1 Å². The van der Waals surface area contributed by atoms with Gasteiger partial charge in [-0.3, -0.25) is 29.3 Å². The van der Waals surface area contributed by atoms with Crippen LogP contribution in [0, 0.1) is 23.7 Å². The van der Waals surface area contributed by atoms with Crippen molar-refractivity contribution in [2.45, 2.75) is 128 Å². The van der Waals surface area contributed by atoms with E-state index in [2.05, 4.69) is 22.6 Å². The van der Waals surface area contributed by atoms with Gasteiger partial charge in [0.05, 0.1) is 23.9 Å². The Morgan fingerprint density at radius 1 is 1.02 bits per heavy atom. The summed E-state index contributed by atoms with van der Waals surface area (Å²) in [6.45, 7) is 17.3. The van der Waals surface area contributed by atoms with Crippen molar-refractivity contribution < 1.29 is 48.0 Å². The Bertz CT molecular complexity index is 1870. The summed E-state index contributed by atoms with van der Waals surface area (Å²) in [4.78, 5) is 71.6. The predicted molar refractivity (Wildman–Crippen MR) is 228 cm³/mol. The minimum Gasteiger partial charge on any atom is -0.457 e. The van der Waals surface area contributed by atoms with E-state index in [9.17, 15) is 24.3 Å². The average molecular weight is 850 g/mol. The van der Waals surface area contributed by atoms with Crippen molar-refractivity contribution in [2.24, 2.45) is 23.7 Å². The van der Waals surface area contributed by atoms with Gasteiger partial charge in [0.2, 0.25) is 0 Å². The first-order valence-electron chi connectivity index (χ1n) is 21.5. The van der Waals surface area contributed by atoms with Gasteiger partial charge in [0, 0.05) is 86.5 Å². The van der Waals surface area contributed by atoms with Crippen LogP contribution in [0.5, 0.6) is 0 Å². The second-order valence-corrected chi connectivity index (χ2v) is 17.8. The van der Waals surface area contributed by atoms with Gasteiger partial charge in [-0.05, 0) is 84.9 Å². The molecule has 0 saturated carbocycles. The van der Waals surface area contributed by atoms with Gasteiger partial charge in [0.15, 0.2) is 17.7 Å². The monoisotopic (exact) mass is 849 g/mol. The predicted octanol–water partition coefficient (Wildman–Crippen LogP) is 4.95. The molecule has 5 rings (SSSR count). The number of Topliss-reactive ketones (excluding diaryl/α,β-unsaturated/α-hetero) is 2. The highest BCUT2D eigenvalue weighted by Crippen LogP contribution is 2.44. The van der Waals surface area contributed by atoms with Gasteiger partial charge in [0.1, 0.15) is 23.9 Å². The summed E-state index contributed by atoms with van der Waals surface area (Å²) in [5.41, 5.74) is -0.0943. The summed E-state index contributed by atoms with van der Waals surface area (Å²) in [5, 5.41) is 11.5. The molecular formula is C46H67N5O10. The minimum atomic E-state index is -1.63. The molecule has 13 atom stereocenters. The maximum atomic E-state index is 14.9. The molecule has 0 aliphatic carbocycles. The zero-order valence-corrected chi connectivity index (χ0v) is 37.8. The molecule has 3 fully saturated rings. The topological polar surface area (TPSA) is 170 Å². The summed E-state index contributed by atoms with van der Waals surface area (Å²) >= 11 is 0. The molecule has 0 bridgehead atoms. The molecule has 0 spiro atoms. The van der Waals surface area contributed by atoms with Crippen molar-refractivity contribution in [3.63, 3.8) is 0 Å². The van der Waals surface area contributed by atoms with Crippen LogP contribution in [-0.2, 0) is 44.6 Å². The average Bonchev–Trinajstić information content (AvgIpc) is 3.54. The molecule has 1 unspecified atom stereocenters. The summed E-state index contributed by atoms with van der Waals surface area (Å²) in [7, 11) is 7.15. The summed E-state index contributed by atoms with van der Waals surface area (Å²) < 4.78 is 31.4. The molecule has 2 aromatic heterocycles. The molecule has 1 amide bonds. The SMILES string of the molecule is C=C[C@]12OC(=O)N(CCN(C)Cc3cncc(-c4cccnc4)c3)[C@@H]1[C@@H](C)C(=O)[C@H](C)C[C@](C)(OC)[C@H](OC1O[C@H](C)C[C@H](N(C)C)[C@H]1O)[C@@H](C)C(=O)[C@@H](C)C(=O)O[C@@H]2CC. The third-order valence-corrected chi connectivity index (χ3v) is 13.1. The number of esters is 1. The van der Waals surface area contributed by atoms with Crippen LogP contribution < -0.4 is 0 Å². The van der Waals surface area contributed by atoms with Crippen LogP contribution in [0.3, 0.4) is 0 Å². The number of carbonyl (C=O) groups is 4. The molecule has 3 saturated heterocycles. The number of rotatable bonds is 12. The van der Waals surface area contributed by atoms with Crippen molar-refractivity contribution in [2.75, 3.05) is 41.3 Å². The van der Waals surface area contributed by atoms with E-state index in [-0.39, 0.29) is 37.3 Å². The lowest BCUT2D eigenvalue weighted by Crippen LogP contribution is -2.60. The van der Waals surface area contributed by atoms with E-state index < -0.39 is 83.4 Å². The molecule has 15 nitrogen and oxygen atoms in total. The lowest BCUT2D eigenvalue weighted by Gasteiger charge is -2.47. The molecular weight excluding hydrogens is 783 g/mol. The fourth-order valence-corrected chi connectivity index (χ4v) is 9.62. The smallest absolute Gasteiger partial charge is 0.411 e. The van der Waals surface area contributed by atoms with E-state index in [1.807, 2.05) is 50.0 Å². The standard InChI is InChI=1S/C46H67N5O10/c1-13-36-46(14-2)40(51(44(56)61-46)19-18-50(11)26-32-21-34(25-48-23-32)33-16-15-17-47-24-33)29(5)37(52)27(3)22-45(8,57-12)41(30(6)38(53)31(7)42(55)59-36)60-43-39(54)35(49(9)10)20-28(4)58-43/h14-17,21,23-25,27-31,35-36,39-41,43,54H,2,13,18-20,22,26H2,1,3-12H3/t27-,28-,29+,30+,31-,35+,36-,39-,40-,41-,43?,45+,46-/m1/s1. The first-order chi connectivity index (χ1) is 28.8. The van der Waals surface area contributed by atoms with Gasteiger partial charge in [0.25, 0.3) is 0 Å². The molecule has 3 aliphatic rings. The largest absolute Gasteiger partial charge is 0.457 e. The number of ketones is 2. The quantitative estimate of drug-likeness (QED) is 0.173. The molecule has 0 radical (unpaired) electrons. The van der Waals surface area contributed by atoms with Crippen LogP contribution >= 0.6 is 0 Å². The summed E-state index contributed by atoms with van der Waals surface area (Å²) in [6.07, 6.45) is 4.10. The van der Waals surface area contributed by atoms with Gasteiger partial charge in [-0.25, -0.2) is 4.79 Å². The van der Waals surface area contributed by atoms with Crippen LogP contribution in [0.15, 0.2) is 55.6 Å². The Balaban J connectivity index is 1.48. The lowest BCUT2D eigenvalue weighted by molar-refractivity contribution is -0.295. The maximum Gasteiger partial charge on any atom is 0.411 e. The number of cyclic esters (lactones) is 1. The number of hydrogen-bond acceptors (Lipinski definition) is 14. The molecule has 61 heavy (non-hydrogen) atoms. The second kappa shape index (κ2) is 19.9. The number of likely N-dealkylation sites (N-methyl/N-ethyl adjacent to an activating group) is 2. The highest BCUT2D eigenvalue weighted by molar-refractivity contribution is 6.00. The maximum absolute atomic E-state index is 14.9. The van der Waals surface area contributed by atoms with Crippen molar-refractivity contribution in [1.82, 2.24) is 24.7 Å². The van der Waals surface area contributed by atoms with Crippen LogP contribution in [0.2, 0.25) is 0 Å². The third-order valence-electron chi connectivity index (χ3n) is 13.1. The second-order valence-electron chi connectivity index (χ2n) is 17.8. The number of methoxy groups -OCH3 is 1. The fourth-order valence-electron chi connectivity index (χ4n) is 9.62. The first kappa shape index (κ1) is 47.9.